The predicted molar refractivity (Wildman–Crippen MR) is 80.4 cm³/mol. The Balaban J connectivity index is 1.95. The molecule has 1 heterocycles. The van der Waals surface area contributed by atoms with Crippen LogP contribution in [0, 0.1) is 5.82 Å². The van der Waals surface area contributed by atoms with Gasteiger partial charge in [-0.1, -0.05) is 30.3 Å². The van der Waals surface area contributed by atoms with Crippen LogP contribution in [-0.2, 0) is 4.79 Å². The maximum absolute atomic E-state index is 13.6. The van der Waals surface area contributed by atoms with Crippen molar-refractivity contribution in [2.75, 3.05) is 17.2 Å². The van der Waals surface area contributed by atoms with E-state index in [-0.39, 0.29) is 11.8 Å². The highest BCUT2D eigenvalue weighted by Crippen LogP contribution is 2.32. The number of anilines is 2. The Bertz CT molecular complexity index is 660. The van der Waals surface area contributed by atoms with Gasteiger partial charge >= 0.3 is 0 Å². The summed E-state index contributed by atoms with van der Waals surface area (Å²) in [5.74, 6) is -0.835. The van der Waals surface area contributed by atoms with Gasteiger partial charge < -0.3 is 10.6 Å². The van der Waals surface area contributed by atoms with Crippen molar-refractivity contribution in [2.24, 2.45) is 0 Å². The Labute approximate surface area is 124 Å². The molecule has 1 aliphatic rings. The lowest BCUT2D eigenvalue weighted by Gasteiger charge is -2.13. The van der Waals surface area contributed by atoms with E-state index in [4.69, 9.17) is 0 Å². The number of fused-ring (bicyclic) bond motifs is 1. The minimum Gasteiger partial charge on any atom is -0.382 e. The van der Waals surface area contributed by atoms with Gasteiger partial charge in [-0.2, -0.15) is 0 Å². The molecule has 1 unspecified atom stereocenters. The predicted octanol–water partition coefficient (Wildman–Crippen LogP) is 3.74. The Morgan fingerprint density at radius 3 is 2.65 bits per heavy atom. The number of nitrogens with one attached hydrogen (secondary N) is 2. The number of rotatable bonds is 1. The SMILES string of the molecule is O=C1Nc2cc(F)c(Br)cc2NCC1c1ccccc1. The van der Waals surface area contributed by atoms with E-state index in [1.54, 1.807) is 6.07 Å². The zero-order valence-corrected chi connectivity index (χ0v) is 12.1. The molecule has 3 rings (SSSR count). The van der Waals surface area contributed by atoms with Gasteiger partial charge in [-0.15, -0.1) is 0 Å². The van der Waals surface area contributed by atoms with Gasteiger partial charge in [0.1, 0.15) is 5.82 Å². The Hall–Kier alpha value is -1.88. The summed E-state index contributed by atoms with van der Waals surface area (Å²) >= 11 is 3.15. The second kappa shape index (κ2) is 5.25. The zero-order valence-electron chi connectivity index (χ0n) is 10.5. The number of hydrogen-bond acceptors (Lipinski definition) is 2. The quantitative estimate of drug-likeness (QED) is 0.834. The van der Waals surface area contributed by atoms with E-state index >= 15 is 0 Å². The third kappa shape index (κ3) is 2.41. The van der Waals surface area contributed by atoms with Gasteiger partial charge in [-0.25, -0.2) is 4.39 Å². The number of hydrogen-bond donors (Lipinski definition) is 2. The first-order chi connectivity index (χ1) is 9.65. The van der Waals surface area contributed by atoms with E-state index in [9.17, 15) is 9.18 Å². The van der Waals surface area contributed by atoms with Crippen LogP contribution in [0.4, 0.5) is 15.8 Å². The molecule has 2 aromatic rings. The van der Waals surface area contributed by atoms with Gasteiger partial charge in [0.05, 0.1) is 21.8 Å². The highest BCUT2D eigenvalue weighted by atomic mass is 79.9. The summed E-state index contributed by atoms with van der Waals surface area (Å²) in [4.78, 5) is 12.3. The van der Waals surface area contributed by atoms with E-state index in [0.717, 1.165) is 5.56 Å². The molecule has 0 aliphatic carbocycles. The second-order valence-electron chi connectivity index (χ2n) is 4.65. The maximum atomic E-state index is 13.6. The third-order valence-electron chi connectivity index (χ3n) is 3.33. The number of carbonyl (C=O) groups excluding carboxylic acids is 1. The standard InChI is InChI=1S/C15H12BrFN2O/c16-11-6-13-14(7-12(11)17)19-15(20)10(8-18-13)9-4-2-1-3-5-9/h1-7,10,18H,8H2,(H,19,20). The van der Waals surface area contributed by atoms with Crippen LogP contribution in [0.3, 0.4) is 0 Å². The smallest absolute Gasteiger partial charge is 0.233 e. The number of amides is 1. The second-order valence-corrected chi connectivity index (χ2v) is 5.50. The first kappa shape index (κ1) is 13.1. The fraction of sp³-hybridized carbons (Fsp3) is 0.133. The van der Waals surface area contributed by atoms with Crippen LogP contribution in [0.2, 0.25) is 0 Å². The molecule has 0 fully saturated rings. The van der Waals surface area contributed by atoms with Crippen LogP contribution in [-0.4, -0.2) is 12.5 Å². The third-order valence-corrected chi connectivity index (χ3v) is 3.94. The highest BCUT2D eigenvalue weighted by Gasteiger charge is 2.25. The van der Waals surface area contributed by atoms with Gasteiger partial charge in [-0.3, -0.25) is 4.79 Å². The van der Waals surface area contributed by atoms with Crippen LogP contribution in [0.25, 0.3) is 0 Å². The topological polar surface area (TPSA) is 41.1 Å². The summed E-state index contributed by atoms with van der Waals surface area (Å²) in [6, 6.07) is 12.5. The van der Waals surface area contributed by atoms with E-state index in [2.05, 4.69) is 26.6 Å². The minimum absolute atomic E-state index is 0.135. The summed E-state index contributed by atoms with van der Waals surface area (Å²) in [5.41, 5.74) is 2.11. The Morgan fingerprint density at radius 1 is 1.15 bits per heavy atom. The van der Waals surface area contributed by atoms with Crippen molar-refractivity contribution < 1.29 is 9.18 Å². The van der Waals surface area contributed by atoms with Gasteiger partial charge in [-0.05, 0) is 27.6 Å². The van der Waals surface area contributed by atoms with Gasteiger partial charge in [0.2, 0.25) is 5.91 Å². The molecule has 1 atom stereocenters. The average molecular weight is 335 g/mol. The maximum Gasteiger partial charge on any atom is 0.233 e. The lowest BCUT2D eigenvalue weighted by molar-refractivity contribution is -0.117. The molecule has 5 heteroatoms. The number of halogens is 2. The Kier molecular flexibility index (Phi) is 3.44. The fourth-order valence-corrected chi connectivity index (χ4v) is 2.62. The average Bonchev–Trinajstić information content (AvgIpc) is 2.59. The van der Waals surface area contributed by atoms with Crippen molar-refractivity contribution >= 4 is 33.2 Å². The zero-order chi connectivity index (χ0) is 14.1. The molecular formula is C15H12BrFN2O. The van der Waals surface area contributed by atoms with Crippen molar-refractivity contribution in [2.45, 2.75) is 5.92 Å². The summed E-state index contributed by atoms with van der Waals surface area (Å²) < 4.78 is 13.9. The molecule has 2 N–H and O–H groups in total. The largest absolute Gasteiger partial charge is 0.382 e. The van der Waals surface area contributed by atoms with E-state index in [1.165, 1.54) is 6.07 Å². The molecule has 0 saturated carbocycles. The summed E-state index contributed by atoms with van der Waals surface area (Å²) in [5, 5.41) is 5.97. The van der Waals surface area contributed by atoms with E-state index < -0.39 is 5.82 Å². The molecule has 0 radical (unpaired) electrons. The molecule has 1 aliphatic heterocycles. The summed E-state index contributed by atoms with van der Waals surface area (Å²) in [6.07, 6.45) is 0. The molecule has 0 spiro atoms. The molecule has 102 valence electrons. The molecule has 20 heavy (non-hydrogen) atoms. The summed E-state index contributed by atoms with van der Waals surface area (Å²) in [7, 11) is 0. The molecule has 3 nitrogen and oxygen atoms in total. The van der Waals surface area contributed by atoms with Gasteiger partial charge in [0.15, 0.2) is 0 Å². The van der Waals surface area contributed by atoms with Crippen molar-refractivity contribution in [3.63, 3.8) is 0 Å². The Morgan fingerprint density at radius 2 is 1.90 bits per heavy atom. The van der Waals surface area contributed by atoms with Gasteiger partial charge in [0, 0.05) is 12.6 Å². The molecule has 0 aromatic heterocycles. The van der Waals surface area contributed by atoms with Crippen molar-refractivity contribution in [1.29, 1.82) is 0 Å². The first-order valence-corrected chi connectivity index (χ1v) is 7.03. The number of benzene rings is 2. The van der Waals surface area contributed by atoms with Gasteiger partial charge in [0.25, 0.3) is 0 Å². The van der Waals surface area contributed by atoms with Crippen LogP contribution >= 0.6 is 15.9 Å². The van der Waals surface area contributed by atoms with Crippen molar-refractivity contribution in [1.82, 2.24) is 0 Å². The lowest BCUT2D eigenvalue weighted by Crippen LogP contribution is -2.23. The van der Waals surface area contributed by atoms with Crippen LogP contribution in [0.5, 0.6) is 0 Å². The highest BCUT2D eigenvalue weighted by molar-refractivity contribution is 9.10. The summed E-state index contributed by atoms with van der Waals surface area (Å²) in [6.45, 7) is 0.473. The van der Waals surface area contributed by atoms with Crippen LogP contribution in [0.15, 0.2) is 46.9 Å². The lowest BCUT2D eigenvalue weighted by atomic mass is 9.98. The molecular weight excluding hydrogens is 323 g/mol. The van der Waals surface area contributed by atoms with Crippen LogP contribution < -0.4 is 10.6 Å². The monoisotopic (exact) mass is 334 g/mol. The van der Waals surface area contributed by atoms with E-state index in [0.29, 0.717) is 22.4 Å². The van der Waals surface area contributed by atoms with Crippen molar-refractivity contribution in [3.05, 3.63) is 58.3 Å². The molecule has 1 amide bonds. The molecule has 0 saturated heterocycles. The molecule has 2 aromatic carbocycles. The first-order valence-electron chi connectivity index (χ1n) is 6.24. The normalized spacial score (nSPS) is 17.7. The van der Waals surface area contributed by atoms with E-state index in [1.807, 2.05) is 30.3 Å². The minimum atomic E-state index is -0.399. The fourth-order valence-electron chi connectivity index (χ4n) is 2.28. The number of carbonyl (C=O) groups is 1. The van der Waals surface area contributed by atoms with Crippen molar-refractivity contribution in [3.8, 4) is 0 Å². The molecule has 0 bridgehead atoms. The van der Waals surface area contributed by atoms with Crippen LogP contribution in [0.1, 0.15) is 11.5 Å².